The number of aryl methyl sites for hydroxylation is 1. The fraction of sp³-hybridized carbons (Fsp3) is 0.417. The molecule has 0 aliphatic carbocycles. The van der Waals surface area contributed by atoms with Crippen molar-refractivity contribution in [2.24, 2.45) is 0 Å². The van der Waals surface area contributed by atoms with Crippen LogP contribution in [0.4, 0.5) is 8.78 Å². The quantitative estimate of drug-likeness (QED) is 0.790. The van der Waals surface area contributed by atoms with Crippen molar-refractivity contribution < 1.29 is 8.78 Å². The Labute approximate surface area is 92.7 Å². The van der Waals surface area contributed by atoms with E-state index in [0.717, 1.165) is 37.6 Å². The Balaban J connectivity index is 2.26. The zero-order valence-electron chi connectivity index (χ0n) is 9.19. The van der Waals surface area contributed by atoms with Crippen LogP contribution in [-0.2, 0) is 6.42 Å². The van der Waals surface area contributed by atoms with E-state index in [1.165, 1.54) is 6.07 Å². The van der Waals surface area contributed by atoms with Crippen molar-refractivity contribution in [1.29, 1.82) is 0 Å². The number of unbranched alkanes of at least 4 members (excludes halogenated alkanes) is 2. The van der Waals surface area contributed by atoms with Gasteiger partial charge in [-0.1, -0.05) is 19.8 Å². The number of fused-ring (bicyclic) bond motifs is 1. The van der Waals surface area contributed by atoms with Crippen LogP contribution in [0, 0.1) is 11.6 Å². The van der Waals surface area contributed by atoms with Crippen molar-refractivity contribution >= 4 is 11.0 Å². The SMILES string of the molecule is CCCCCc1nc2c(F)cc(F)cc2[nH]1. The fourth-order valence-corrected chi connectivity index (χ4v) is 1.75. The summed E-state index contributed by atoms with van der Waals surface area (Å²) in [6.07, 6.45) is 4.04. The number of benzene rings is 1. The van der Waals surface area contributed by atoms with Crippen LogP contribution in [0.2, 0.25) is 0 Å². The third-order valence-electron chi connectivity index (χ3n) is 2.57. The second kappa shape index (κ2) is 4.60. The number of hydrogen-bond donors (Lipinski definition) is 1. The Hall–Kier alpha value is -1.45. The Morgan fingerprint density at radius 3 is 2.81 bits per heavy atom. The summed E-state index contributed by atoms with van der Waals surface area (Å²) < 4.78 is 26.3. The van der Waals surface area contributed by atoms with Crippen LogP contribution in [-0.4, -0.2) is 9.97 Å². The number of aromatic nitrogens is 2. The molecule has 0 fully saturated rings. The maximum absolute atomic E-state index is 13.3. The Kier molecular flexibility index (Phi) is 3.17. The number of imidazole rings is 1. The molecule has 0 aliphatic heterocycles. The van der Waals surface area contributed by atoms with Crippen LogP contribution >= 0.6 is 0 Å². The number of aromatic amines is 1. The molecule has 0 radical (unpaired) electrons. The molecular weight excluding hydrogens is 210 g/mol. The summed E-state index contributed by atoms with van der Waals surface area (Å²) in [6, 6.07) is 2.13. The standard InChI is InChI=1S/C12H14F2N2/c1-2-3-4-5-11-15-10-7-8(13)6-9(14)12(10)16-11/h6-7H,2-5H2,1H3,(H,15,16). The Bertz CT molecular complexity index is 491. The number of halogens is 2. The molecule has 0 unspecified atom stereocenters. The minimum Gasteiger partial charge on any atom is -0.342 e. The van der Waals surface area contributed by atoms with Crippen LogP contribution in [0.3, 0.4) is 0 Å². The normalized spacial score (nSPS) is 11.2. The lowest BCUT2D eigenvalue weighted by molar-refractivity contribution is 0.590. The summed E-state index contributed by atoms with van der Waals surface area (Å²) in [6.45, 7) is 2.12. The van der Waals surface area contributed by atoms with E-state index in [4.69, 9.17) is 0 Å². The predicted molar refractivity (Wildman–Crippen MR) is 59.2 cm³/mol. The molecule has 2 nitrogen and oxygen atoms in total. The second-order valence-electron chi connectivity index (χ2n) is 3.92. The minimum atomic E-state index is -0.604. The van der Waals surface area contributed by atoms with Gasteiger partial charge in [0.25, 0.3) is 0 Å². The molecule has 1 aromatic heterocycles. The van der Waals surface area contributed by atoms with Gasteiger partial charge in [-0.2, -0.15) is 0 Å². The van der Waals surface area contributed by atoms with Gasteiger partial charge < -0.3 is 4.98 Å². The molecule has 2 aromatic rings. The van der Waals surface area contributed by atoms with Gasteiger partial charge in [-0.15, -0.1) is 0 Å². The van der Waals surface area contributed by atoms with Gasteiger partial charge in [-0.05, 0) is 12.5 Å². The van der Waals surface area contributed by atoms with Crippen molar-refractivity contribution in [1.82, 2.24) is 9.97 Å². The van der Waals surface area contributed by atoms with Gasteiger partial charge in [0.1, 0.15) is 17.2 Å². The molecule has 0 aliphatic rings. The van der Waals surface area contributed by atoms with Crippen molar-refractivity contribution in [3.63, 3.8) is 0 Å². The van der Waals surface area contributed by atoms with E-state index in [1.807, 2.05) is 0 Å². The average molecular weight is 224 g/mol. The fourth-order valence-electron chi connectivity index (χ4n) is 1.75. The van der Waals surface area contributed by atoms with E-state index in [9.17, 15) is 8.78 Å². The van der Waals surface area contributed by atoms with E-state index in [-0.39, 0.29) is 5.52 Å². The van der Waals surface area contributed by atoms with Gasteiger partial charge >= 0.3 is 0 Å². The zero-order chi connectivity index (χ0) is 11.5. The molecule has 0 saturated carbocycles. The summed E-state index contributed by atoms with van der Waals surface area (Å²) in [4.78, 5) is 7.07. The van der Waals surface area contributed by atoms with Gasteiger partial charge in [0.05, 0.1) is 5.52 Å². The van der Waals surface area contributed by atoms with Crippen LogP contribution in [0.15, 0.2) is 12.1 Å². The van der Waals surface area contributed by atoms with E-state index < -0.39 is 11.6 Å². The molecule has 1 aromatic carbocycles. The number of H-pyrrole nitrogens is 1. The molecule has 0 bridgehead atoms. The molecule has 16 heavy (non-hydrogen) atoms. The van der Waals surface area contributed by atoms with Gasteiger partial charge in [0, 0.05) is 12.5 Å². The first-order chi connectivity index (χ1) is 7.70. The summed E-state index contributed by atoms with van der Waals surface area (Å²) in [7, 11) is 0. The first kappa shape index (κ1) is 11.0. The predicted octanol–water partition coefficient (Wildman–Crippen LogP) is 3.57. The Morgan fingerprint density at radius 2 is 2.06 bits per heavy atom. The molecule has 86 valence electrons. The van der Waals surface area contributed by atoms with Gasteiger partial charge in [-0.25, -0.2) is 13.8 Å². The average Bonchev–Trinajstić information content (AvgIpc) is 2.61. The highest BCUT2D eigenvalue weighted by Crippen LogP contribution is 2.18. The second-order valence-corrected chi connectivity index (χ2v) is 3.92. The maximum Gasteiger partial charge on any atom is 0.153 e. The van der Waals surface area contributed by atoms with E-state index >= 15 is 0 Å². The molecular formula is C12H14F2N2. The van der Waals surface area contributed by atoms with E-state index in [2.05, 4.69) is 16.9 Å². The van der Waals surface area contributed by atoms with Gasteiger partial charge in [0.15, 0.2) is 5.82 Å². The number of nitrogens with zero attached hydrogens (tertiary/aromatic N) is 1. The largest absolute Gasteiger partial charge is 0.342 e. The lowest BCUT2D eigenvalue weighted by Crippen LogP contribution is -1.87. The van der Waals surface area contributed by atoms with Crippen LogP contribution in [0.5, 0.6) is 0 Å². The third kappa shape index (κ3) is 2.21. The van der Waals surface area contributed by atoms with E-state index in [0.29, 0.717) is 5.52 Å². The van der Waals surface area contributed by atoms with Crippen molar-refractivity contribution in [2.45, 2.75) is 32.6 Å². The monoisotopic (exact) mass is 224 g/mol. The maximum atomic E-state index is 13.3. The molecule has 0 saturated heterocycles. The highest BCUT2D eigenvalue weighted by atomic mass is 19.1. The number of nitrogens with one attached hydrogen (secondary N) is 1. The highest BCUT2D eigenvalue weighted by Gasteiger charge is 2.09. The van der Waals surface area contributed by atoms with Crippen LogP contribution in [0.25, 0.3) is 11.0 Å². The van der Waals surface area contributed by atoms with Gasteiger partial charge in [0.2, 0.25) is 0 Å². The number of rotatable bonds is 4. The summed E-state index contributed by atoms with van der Waals surface area (Å²) in [5.41, 5.74) is 0.664. The summed E-state index contributed by atoms with van der Waals surface area (Å²) in [5.74, 6) is -0.449. The van der Waals surface area contributed by atoms with Crippen molar-refractivity contribution in [2.75, 3.05) is 0 Å². The molecule has 0 amide bonds. The molecule has 2 rings (SSSR count). The highest BCUT2D eigenvalue weighted by molar-refractivity contribution is 5.75. The molecule has 4 heteroatoms. The summed E-state index contributed by atoms with van der Waals surface area (Å²) >= 11 is 0. The first-order valence-electron chi connectivity index (χ1n) is 5.54. The van der Waals surface area contributed by atoms with Crippen LogP contribution < -0.4 is 0 Å². The molecule has 0 spiro atoms. The van der Waals surface area contributed by atoms with Crippen molar-refractivity contribution in [3.05, 3.63) is 29.6 Å². The summed E-state index contributed by atoms with van der Waals surface area (Å²) in [5, 5.41) is 0. The molecule has 1 N–H and O–H groups in total. The first-order valence-corrected chi connectivity index (χ1v) is 5.54. The zero-order valence-corrected chi connectivity index (χ0v) is 9.19. The lowest BCUT2D eigenvalue weighted by atomic mass is 10.2. The van der Waals surface area contributed by atoms with Crippen LogP contribution in [0.1, 0.15) is 32.0 Å². The molecule has 0 atom stereocenters. The molecule has 1 heterocycles. The lowest BCUT2D eigenvalue weighted by Gasteiger charge is -1.93. The topological polar surface area (TPSA) is 28.7 Å². The minimum absolute atomic E-state index is 0.230. The third-order valence-corrected chi connectivity index (χ3v) is 2.57. The van der Waals surface area contributed by atoms with Gasteiger partial charge in [-0.3, -0.25) is 0 Å². The van der Waals surface area contributed by atoms with E-state index in [1.54, 1.807) is 0 Å². The van der Waals surface area contributed by atoms with Crippen molar-refractivity contribution in [3.8, 4) is 0 Å². The number of hydrogen-bond acceptors (Lipinski definition) is 1. The smallest absolute Gasteiger partial charge is 0.153 e. The Morgan fingerprint density at radius 1 is 1.25 bits per heavy atom.